The van der Waals surface area contributed by atoms with Crippen LogP contribution in [0.15, 0.2) is 23.1 Å². The van der Waals surface area contributed by atoms with E-state index in [9.17, 15) is 22.4 Å². The summed E-state index contributed by atoms with van der Waals surface area (Å²) < 4.78 is 33.6. The van der Waals surface area contributed by atoms with Crippen LogP contribution in [0.2, 0.25) is 0 Å². The molecule has 0 heterocycles. The molecule has 0 aromatic heterocycles. The van der Waals surface area contributed by atoms with Gasteiger partial charge in [0.25, 0.3) is 5.69 Å². The molecule has 6 nitrogen and oxygen atoms in total. The summed E-state index contributed by atoms with van der Waals surface area (Å²) in [6, 6.07) is 3.95. The maximum Gasteiger partial charge on any atom is 0.338 e. The van der Waals surface area contributed by atoms with Crippen molar-refractivity contribution in [1.82, 2.24) is 0 Å². The Hall–Kier alpha value is -2.01. The Balaban J connectivity index is 3.57. The number of halogens is 1. The average Bonchev–Trinajstić information content (AvgIpc) is 2.15. The number of benzene rings is 1. The molecule has 0 saturated heterocycles. The van der Waals surface area contributed by atoms with Crippen LogP contribution >= 0.6 is 0 Å². The van der Waals surface area contributed by atoms with Gasteiger partial charge < -0.3 is 0 Å². The quantitative estimate of drug-likeness (QED) is 0.430. The van der Waals surface area contributed by atoms with Gasteiger partial charge in [0.15, 0.2) is 4.90 Å². The van der Waals surface area contributed by atoms with Crippen LogP contribution < -0.4 is 0 Å². The summed E-state index contributed by atoms with van der Waals surface area (Å²) >= 11 is 0. The van der Waals surface area contributed by atoms with Gasteiger partial charge in [0.1, 0.15) is 0 Å². The van der Waals surface area contributed by atoms with Crippen LogP contribution in [-0.4, -0.2) is 13.3 Å². The molecule has 0 bridgehead atoms. The smallest absolute Gasteiger partial charge is 0.258 e. The first-order valence-electron chi connectivity index (χ1n) is 3.49. The molecule has 0 saturated carbocycles. The molecule has 0 aliphatic heterocycles. The number of rotatable bonds is 2. The Kier molecular flexibility index (Phi) is 2.67. The van der Waals surface area contributed by atoms with Gasteiger partial charge in [-0.2, -0.15) is 13.7 Å². The molecule has 78 valence electrons. The molecule has 0 aliphatic rings. The predicted molar refractivity (Wildman–Crippen MR) is 46.1 cm³/mol. The maximum absolute atomic E-state index is 12.6. The van der Waals surface area contributed by atoms with Gasteiger partial charge in [0, 0.05) is 6.07 Å². The lowest BCUT2D eigenvalue weighted by molar-refractivity contribution is -0.387. The van der Waals surface area contributed by atoms with E-state index in [1.165, 1.54) is 0 Å². The third-order valence-electron chi connectivity index (χ3n) is 1.55. The molecule has 1 aromatic rings. The van der Waals surface area contributed by atoms with E-state index >= 15 is 0 Å². The number of nitro groups is 1. The van der Waals surface area contributed by atoms with Crippen LogP contribution in [0.4, 0.5) is 9.57 Å². The van der Waals surface area contributed by atoms with Crippen molar-refractivity contribution in [3.05, 3.63) is 33.9 Å². The van der Waals surface area contributed by atoms with E-state index in [1.807, 2.05) is 0 Å². The minimum Gasteiger partial charge on any atom is -0.258 e. The number of nitro benzene ring substituents is 1. The Morgan fingerprint density at radius 2 is 2.07 bits per heavy atom. The lowest BCUT2D eigenvalue weighted by Gasteiger charge is -1.97. The molecule has 0 spiro atoms. The first kappa shape index (κ1) is 11.1. The van der Waals surface area contributed by atoms with Crippen molar-refractivity contribution in [3.63, 3.8) is 0 Å². The van der Waals surface area contributed by atoms with E-state index < -0.39 is 25.7 Å². The Morgan fingerprint density at radius 3 is 2.47 bits per heavy atom. The highest BCUT2D eigenvalue weighted by Gasteiger charge is 2.25. The van der Waals surface area contributed by atoms with E-state index in [-0.39, 0.29) is 5.56 Å². The van der Waals surface area contributed by atoms with Gasteiger partial charge in [0.05, 0.1) is 16.6 Å². The molecule has 0 aliphatic carbocycles. The van der Waals surface area contributed by atoms with Crippen LogP contribution in [-0.2, 0) is 10.2 Å². The summed E-state index contributed by atoms with van der Waals surface area (Å²) in [6.45, 7) is 0. The topological polar surface area (TPSA) is 101 Å². The Bertz CT molecular complexity index is 561. The van der Waals surface area contributed by atoms with Crippen molar-refractivity contribution in [2.75, 3.05) is 0 Å². The second kappa shape index (κ2) is 3.62. The summed E-state index contributed by atoms with van der Waals surface area (Å²) in [6.07, 6.45) is 0. The fraction of sp³-hybridized carbons (Fsp3) is 0. The fourth-order valence-electron chi connectivity index (χ4n) is 0.936. The number of nitriles is 1. The summed E-state index contributed by atoms with van der Waals surface area (Å²) in [7, 11) is -5.15. The monoisotopic (exact) mass is 230 g/mol. The summed E-state index contributed by atoms with van der Waals surface area (Å²) in [5, 5.41) is 18.8. The Morgan fingerprint density at radius 1 is 1.47 bits per heavy atom. The van der Waals surface area contributed by atoms with E-state index in [4.69, 9.17) is 5.26 Å². The lowest BCUT2D eigenvalue weighted by atomic mass is 10.2. The Labute approximate surface area is 83.9 Å². The molecule has 0 fully saturated rings. The van der Waals surface area contributed by atoms with Crippen LogP contribution in [0.25, 0.3) is 0 Å². The molecule has 0 radical (unpaired) electrons. The third-order valence-corrected chi connectivity index (χ3v) is 2.42. The average molecular weight is 230 g/mol. The van der Waals surface area contributed by atoms with Gasteiger partial charge in [-0.05, 0) is 12.1 Å². The van der Waals surface area contributed by atoms with Gasteiger partial charge in [0.2, 0.25) is 0 Å². The lowest BCUT2D eigenvalue weighted by Crippen LogP contribution is -1.99. The van der Waals surface area contributed by atoms with Gasteiger partial charge >= 0.3 is 10.2 Å². The number of hydrogen-bond acceptors (Lipinski definition) is 5. The van der Waals surface area contributed by atoms with E-state index in [0.29, 0.717) is 12.1 Å². The van der Waals surface area contributed by atoms with Crippen molar-refractivity contribution < 1.29 is 17.2 Å². The molecule has 0 unspecified atom stereocenters. The summed E-state index contributed by atoms with van der Waals surface area (Å²) in [5.41, 5.74) is -1.06. The summed E-state index contributed by atoms with van der Waals surface area (Å²) in [4.78, 5) is 8.29. The van der Waals surface area contributed by atoms with Crippen LogP contribution in [0.5, 0.6) is 0 Å². The van der Waals surface area contributed by atoms with Gasteiger partial charge in [-0.15, -0.1) is 3.89 Å². The number of nitrogens with zero attached hydrogens (tertiary/aromatic N) is 2. The van der Waals surface area contributed by atoms with Crippen molar-refractivity contribution in [2.45, 2.75) is 4.90 Å². The van der Waals surface area contributed by atoms with Crippen LogP contribution in [0.3, 0.4) is 0 Å². The molecular formula is C7H3FN2O4S. The maximum atomic E-state index is 12.6. The van der Waals surface area contributed by atoms with Crippen molar-refractivity contribution in [2.24, 2.45) is 0 Å². The highest BCUT2D eigenvalue weighted by Crippen LogP contribution is 2.26. The van der Waals surface area contributed by atoms with Crippen molar-refractivity contribution in [1.29, 1.82) is 5.26 Å². The fourth-order valence-corrected chi connectivity index (χ4v) is 1.55. The minimum absolute atomic E-state index is 0.117. The molecular weight excluding hydrogens is 227 g/mol. The normalized spacial score (nSPS) is 10.7. The SMILES string of the molecule is N#Cc1ccc(S(=O)(=O)F)c([N+](=O)[O-])c1. The van der Waals surface area contributed by atoms with Crippen molar-refractivity contribution in [3.8, 4) is 6.07 Å². The zero-order valence-electron chi connectivity index (χ0n) is 7.05. The zero-order valence-corrected chi connectivity index (χ0v) is 7.86. The first-order valence-corrected chi connectivity index (χ1v) is 4.88. The van der Waals surface area contributed by atoms with E-state index in [0.717, 1.165) is 6.07 Å². The molecule has 8 heteroatoms. The van der Waals surface area contributed by atoms with E-state index in [2.05, 4.69) is 0 Å². The van der Waals surface area contributed by atoms with Crippen LogP contribution in [0, 0.1) is 21.4 Å². The van der Waals surface area contributed by atoms with Gasteiger partial charge in [-0.3, -0.25) is 10.1 Å². The van der Waals surface area contributed by atoms with Crippen molar-refractivity contribution >= 4 is 15.9 Å². The molecule has 15 heavy (non-hydrogen) atoms. The molecule has 0 atom stereocenters. The molecule has 0 amide bonds. The third kappa shape index (κ3) is 2.26. The first-order chi connectivity index (χ1) is 6.86. The highest BCUT2D eigenvalue weighted by atomic mass is 32.3. The largest absolute Gasteiger partial charge is 0.338 e. The predicted octanol–water partition coefficient (Wildman–Crippen LogP) is 1.12. The van der Waals surface area contributed by atoms with Gasteiger partial charge in [-0.25, -0.2) is 0 Å². The summed E-state index contributed by atoms with van der Waals surface area (Å²) in [5.74, 6) is 0. The highest BCUT2D eigenvalue weighted by molar-refractivity contribution is 7.86. The second-order valence-corrected chi connectivity index (χ2v) is 3.80. The standard InChI is InChI=1S/C7H3FN2O4S/c8-15(13,14)7-2-1-5(4-9)3-6(7)10(11)12/h1-3H. The molecule has 1 rings (SSSR count). The molecule has 0 N–H and O–H groups in total. The van der Waals surface area contributed by atoms with E-state index in [1.54, 1.807) is 6.07 Å². The zero-order chi connectivity index (χ0) is 11.6. The second-order valence-electron chi connectivity index (χ2n) is 2.49. The number of hydrogen-bond donors (Lipinski definition) is 0. The minimum atomic E-state index is -5.15. The molecule has 1 aromatic carbocycles. The van der Waals surface area contributed by atoms with Crippen LogP contribution in [0.1, 0.15) is 5.56 Å². The van der Waals surface area contributed by atoms with Gasteiger partial charge in [-0.1, -0.05) is 0 Å².